The first-order chi connectivity index (χ1) is 7.39. The van der Waals surface area contributed by atoms with E-state index < -0.39 is 5.97 Å². The van der Waals surface area contributed by atoms with E-state index in [1.54, 1.807) is 6.20 Å². The molecule has 0 radical (unpaired) electrons. The molecule has 1 aliphatic rings. The largest absolute Gasteiger partial charge is 0.475 e. The van der Waals surface area contributed by atoms with Gasteiger partial charge in [-0.25, -0.2) is 9.78 Å². The number of carboxylic acids is 1. The maximum absolute atomic E-state index is 10.9. The van der Waals surface area contributed by atoms with Crippen molar-refractivity contribution >= 4 is 5.97 Å². The third-order valence-electron chi connectivity index (χ3n) is 3.51. The highest BCUT2D eigenvalue weighted by Crippen LogP contribution is 2.35. The standard InChI is InChI=1S/C12H18N2O2/c1-12(2,3)8-4-5-14-9(6-8)7-13-10(14)11(15)16/h7-8H,4-6H2,1-3H3,(H,15,16). The van der Waals surface area contributed by atoms with E-state index in [0.29, 0.717) is 5.92 Å². The van der Waals surface area contributed by atoms with Gasteiger partial charge in [-0.3, -0.25) is 0 Å². The zero-order valence-electron chi connectivity index (χ0n) is 10.0. The van der Waals surface area contributed by atoms with E-state index in [9.17, 15) is 4.79 Å². The van der Waals surface area contributed by atoms with Gasteiger partial charge in [-0.1, -0.05) is 20.8 Å². The third kappa shape index (κ3) is 1.84. The lowest BCUT2D eigenvalue weighted by molar-refractivity contribution is 0.0674. The number of hydrogen-bond acceptors (Lipinski definition) is 2. The predicted octanol–water partition coefficient (Wildman–Crippen LogP) is 2.19. The summed E-state index contributed by atoms with van der Waals surface area (Å²) in [5, 5.41) is 8.97. The second-order valence-electron chi connectivity index (χ2n) is 5.59. The van der Waals surface area contributed by atoms with Crippen molar-refractivity contribution in [2.24, 2.45) is 11.3 Å². The minimum atomic E-state index is -0.930. The number of rotatable bonds is 1. The second kappa shape index (κ2) is 3.61. The number of nitrogens with zero attached hydrogens (tertiary/aromatic N) is 2. The zero-order valence-corrected chi connectivity index (χ0v) is 10.0. The topological polar surface area (TPSA) is 55.1 Å². The Morgan fingerprint density at radius 2 is 2.25 bits per heavy atom. The van der Waals surface area contributed by atoms with Gasteiger partial charge in [-0.15, -0.1) is 0 Å². The van der Waals surface area contributed by atoms with Gasteiger partial charge in [0.1, 0.15) is 0 Å². The SMILES string of the molecule is CC(C)(C)C1CCn2c(cnc2C(=O)O)C1. The molecule has 0 fully saturated rings. The van der Waals surface area contributed by atoms with Crippen LogP contribution in [0.3, 0.4) is 0 Å². The van der Waals surface area contributed by atoms with Gasteiger partial charge >= 0.3 is 5.97 Å². The van der Waals surface area contributed by atoms with E-state index >= 15 is 0 Å². The molecule has 0 aliphatic carbocycles. The number of imidazole rings is 1. The summed E-state index contributed by atoms with van der Waals surface area (Å²) in [5.41, 5.74) is 1.34. The number of hydrogen-bond donors (Lipinski definition) is 1. The Hall–Kier alpha value is -1.32. The van der Waals surface area contributed by atoms with Crippen molar-refractivity contribution in [2.45, 2.75) is 40.2 Å². The number of aromatic carboxylic acids is 1. The predicted molar refractivity (Wildman–Crippen MR) is 60.5 cm³/mol. The van der Waals surface area contributed by atoms with Crippen molar-refractivity contribution in [3.05, 3.63) is 17.7 Å². The molecule has 1 aromatic heterocycles. The molecular formula is C12H18N2O2. The number of carboxylic acid groups (broad SMARTS) is 1. The van der Waals surface area contributed by atoms with Gasteiger partial charge in [0.05, 0.1) is 0 Å². The minimum Gasteiger partial charge on any atom is -0.475 e. The van der Waals surface area contributed by atoms with Crippen LogP contribution < -0.4 is 0 Å². The van der Waals surface area contributed by atoms with Gasteiger partial charge in [-0.2, -0.15) is 0 Å². The Kier molecular flexibility index (Phi) is 2.52. The molecular weight excluding hydrogens is 204 g/mol. The van der Waals surface area contributed by atoms with E-state index in [4.69, 9.17) is 5.11 Å². The molecule has 4 heteroatoms. The highest BCUT2D eigenvalue weighted by molar-refractivity contribution is 5.83. The van der Waals surface area contributed by atoms with Crippen LogP contribution in [0.2, 0.25) is 0 Å². The molecule has 0 spiro atoms. The van der Waals surface area contributed by atoms with Crippen LogP contribution in [0.4, 0.5) is 0 Å². The fraction of sp³-hybridized carbons (Fsp3) is 0.667. The molecule has 1 aliphatic heterocycles. The summed E-state index contributed by atoms with van der Waals surface area (Å²) in [6.45, 7) is 7.49. The minimum absolute atomic E-state index is 0.183. The average Bonchev–Trinajstić information content (AvgIpc) is 2.58. The van der Waals surface area contributed by atoms with Crippen LogP contribution in [-0.2, 0) is 13.0 Å². The molecule has 1 aromatic rings. The van der Waals surface area contributed by atoms with Gasteiger partial charge in [0.15, 0.2) is 0 Å². The first-order valence-corrected chi connectivity index (χ1v) is 5.67. The van der Waals surface area contributed by atoms with Gasteiger partial charge < -0.3 is 9.67 Å². The molecule has 4 nitrogen and oxygen atoms in total. The van der Waals surface area contributed by atoms with Gasteiger partial charge in [0, 0.05) is 18.4 Å². The van der Waals surface area contributed by atoms with E-state index in [1.807, 2.05) is 4.57 Å². The summed E-state index contributed by atoms with van der Waals surface area (Å²) >= 11 is 0. The Labute approximate surface area is 95.3 Å². The number of aromatic nitrogens is 2. The van der Waals surface area contributed by atoms with Crippen LogP contribution in [0, 0.1) is 11.3 Å². The smallest absolute Gasteiger partial charge is 0.372 e. The normalized spacial score (nSPS) is 20.6. The van der Waals surface area contributed by atoms with Crippen molar-refractivity contribution in [2.75, 3.05) is 0 Å². The van der Waals surface area contributed by atoms with E-state index in [2.05, 4.69) is 25.8 Å². The average molecular weight is 222 g/mol. The lowest BCUT2D eigenvalue weighted by Crippen LogP contribution is -2.30. The lowest BCUT2D eigenvalue weighted by Gasteiger charge is -2.34. The first kappa shape index (κ1) is 11.2. The highest BCUT2D eigenvalue weighted by Gasteiger charge is 2.30. The molecule has 1 unspecified atom stereocenters. The summed E-state index contributed by atoms with van der Waals surface area (Å²) in [5.74, 6) is -0.138. The van der Waals surface area contributed by atoms with Crippen molar-refractivity contribution in [3.63, 3.8) is 0 Å². The van der Waals surface area contributed by atoms with Gasteiger partial charge in [0.2, 0.25) is 5.82 Å². The molecule has 2 rings (SSSR count). The molecule has 0 saturated carbocycles. The molecule has 0 bridgehead atoms. The summed E-state index contributed by atoms with van der Waals surface area (Å²) in [4.78, 5) is 14.9. The van der Waals surface area contributed by atoms with E-state index in [0.717, 1.165) is 25.1 Å². The molecule has 88 valence electrons. The first-order valence-electron chi connectivity index (χ1n) is 5.67. The molecule has 2 heterocycles. The Morgan fingerprint density at radius 1 is 1.56 bits per heavy atom. The molecule has 0 aromatic carbocycles. The summed E-state index contributed by atoms with van der Waals surface area (Å²) in [7, 11) is 0. The van der Waals surface area contributed by atoms with Crippen LogP contribution in [0.1, 0.15) is 43.5 Å². The summed E-state index contributed by atoms with van der Waals surface area (Å²) in [6, 6.07) is 0. The van der Waals surface area contributed by atoms with E-state index in [-0.39, 0.29) is 11.2 Å². The second-order valence-corrected chi connectivity index (χ2v) is 5.59. The molecule has 1 atom stereocenters. The molecule has 0 amide bonds. The quantitative estimate of drug-likeness (QED) is 0.792. The molecule has 1 N–H and O–H groups in total. The van der Waals surface area contributed by atoms with Crippen molar-refractivity contribution in [1.29, 1.82) is 0 Å². The van der Waals surface area contributed by atoms with Crippen LogP contribution in [-0.4, -0.2) is 20.6 Å². The van der Waals surface area contributed by atoms with Gasteiger partial charge in [0.25, 0.3) is 0 Å². The number of carbonyl (C=O) groups is 1. The van der Waals surface area contributed by atoms with Crippen LogP contribution in [0.5, 0.6) is 0 Å². The maximum atomic E-state index is 10.9. The molecule has 16 heavy (non-hydrogen) atoms. The van der Waals surface area contributed by atoms with Crippen molar-refractivity contribution in [3.8, 4) is 0 Å². The summed E-state index contributed by atoms with van der Waals surface area (Å²) < 4.78 is 1.84. The molecule has 0 saturated heterocycles. The van der Waals surface area contributed by atoms with Crippen LogP contribution in [0.15, 0.2) is 6.20 Å². The Morgan fingerprint density at radius 3 is 2.81 bits per heavy atom. The lowest BCUT2D eigenvalue weighted by atomic mass is 9.75. The van der Waals surface area contributed by atoms with Crippen molar-refractivity contribution < 1.29 is 9.90 Å². The maximum Gasteiger partial charge on any atom is 0.372 e. The fourth-order valence-electron chi connectivity index (χ4n) is 2.37. The summed E-state index contributed by atoms with van der Waals surface area (Å²) in [6.07, 6.45) is 3.68. The van der Waals surface area contributed by atoms with Crippen LogP contribution in [0.25, 0.3) is 0 Å². The zero-order chi connectivity index (χ0) is 11.9. The number of fused-ring (bicyclic) bond motifs is 1. The Bertz CT molecular complexity index is 415. The van der Waals surface area contributed by atoms with Crippen molar-refractivity contribution in [1.82, 2.24) is 9.55 Å². The van der Waals surface area contributed by atoms with Gasteiger partial charge in [-0.05, 0) is 24.2 Å². The monoisotopic (exact) mass is 222 g/mol. The Balaban J connectivity index is 2.27. The van der Waals surface area contributed by atoms with Crippen LogP contribution >= 0.6 is 0 Å². The fourth-order valence-corrected chi connectivity index (χ4v) is 2.37. The third-order valence-corrected chi connectivity index (χ3v) is 3.51. The highest BCUT2D eigenvalue weighted by atomic mass is 16.4. The van der Waals surface area contributed by atoms with E-state index in [1.165, 1.54) is 0 Å².